The van der Waals surface area contributed by atoms with Crippen LogP contribution in [-0.4, -0.2) is 46.0 Å². The van der Waals surface area contributed by atoms with E-state index in [1.165, 1.54) is 24.3 Å². The van der Waals surface area contributed by atoms with Crippen molar-refractivity contribution in [2.75, 3.05) is 31.5 Å². The first-order valence-corrected chi connectivity index (χ1v) is 13.2. The van der Waals surface area contributed by atoms with Crippen LogP contribution in [0.2, 0.25) is 0 Å². The Hall–Kier alpha value is -3.36. The van der Waals surface area contributed by atoms with Crippen molar-refractivity contribution < 1.29 is 17.9 Å². The fourth-order valence-electron chi connectivity index (χ4n) is 4.34. The predicted octanol–water partition coefficient (Wildman–Crippen LogP) is 4.37. The van der Waals surface area contributed by atoms with Crippen LogP contribution < -0.4 is 14.8 Å². The van der Waals surface area contributed by atoms with Gasteiger partial charge in [-0.1, -0.05) is 35.9 Å². The minimum absolute atomic E-state index is 0.00374. The SMILES string of the molecule is COc1ccccc1[C@@H](CNC(=O)c1ccc(S(=O)(=O)Nc2ccc(C)cc2)cc1)N1CCCC1. The molecule has 0 aliphatic carbocycles. The fraction of sp³-hybridized carbons (Fsp3) is 0.296. The molecule has 1 aliphatic heterocycles. The number of carbonyl (C=O) groups excluding carboxylic acids is 1. The van der Waals surface area contributed by atoms with Gasteiger partial charge in [0.2, 0.25) is 0 Å². The van der Waals surface area contributed by atoms with E-state index in [2.05, 4.69) is 14.9 Å². The first-order chi connectivity index (χ1) is 16.9. The molecule has 4 rings (SSSR count). The van der Waals surface area contributed by atoms with E-state index in [1.54, 1.807) is 19.2 Å². The van der Waals surface area contributed by atoms with Crippen molar-refractivity contribution in [3.63, 3.8) is 0 Å². The third-order valence-electron chi connectivity index (χ3n) is 6.27. The van der Waals surface area contributed by atoms with E-state index in [0.29, 0.717) is 17.8 Å². The molecule has 0 saturated carbocycles. The molecule has 3 aromatic rings. The summed E-state index contributed by atoms with van der Waals surface area (Å²) in [5.41, 5.74) is 2.98. The number of benzene rings is 3. The predicted molar refractivity (Wildman–Crippen MR) is 137 cm³/mol. The van der Waals surface area contributed by atoms with Crippen molar-refractivity contribution >= 4 is 21.6 Å². The largest absolute Gasteiger partial charge is 0.496 e. The molecule has 7 nitrogen and oxygen atoms in total. The summed E-state index contributed by atoms with van der Waals surface area (Å²) >= 11 is 0. The molecular weight excluding hydrogens is 462 g/mol. The number of para-hydroxylation sites is 1. The molecule has 0 bridgehead atoms. The normalized spacial score (nSPS) is 14.9. The average molecular weight is 494 g/mol. The number of amides is 1. The average Bonchev–Trinajstić information content (AvgIpc) is 3.40. The summed E-state index contributed by atoms with van der Waals surface area (Å²) in [4.78, 5) is 15.4. The molecule has 35 heavy (non-hydrogen) atoms. The smallest absolute Gasteiger partial charge is 0.261 e. The lowest BCUT2D eigenvalue weighted by Gasteiger charge is -2.29. The number of methoxy groups -OCH3 is 1. The van der Waals surface area contributed by atoms with Gasteiger partial charge in [0, 0.05) is 23.4 Å². The lowest BCUT2D eigenvalue weighted by atomic mass is 10.0. The Balaban J connectivity index is 1.44. The Kier molecular flexibility index (Phi) is 7.73. The lowest BCUT2D eigenvalue weighted by molar-refractivity contribution is 0.0937. The number of carbonyl (C=O) groups is 1. The number of rotatable bonds is 9. The van der Waals surface area contributed by atoms with Crippen molar-refractivity contribution in [2.24, 2.45) is 0 Å². The number of nitrogens with zero attached hydrogens (tertiary/aromatic N) is 1. The number of anilines is 1. The summed E-state index contributed by atoms with van der Waals surface area (Å²) in [5.74, 6) is 0.550. The summed E-state index contributed by atoms with van der Waals surface area (Å²) in [6.07, 6.45) is 2.26. The molecule has 3 aromatic carbocycles. The number of nitrogens with one attached hydrogen (secondary N) is 2. The van der Waals surface area contributed by atoms with Crippen LogP contribution in [0.1, 0.15) is 40.4 Å². The standard InChI is InChI=1S/C27H31N3O4S/c1-20-9-13-22(14-10-20)29-35(32,33)23-15-11-21(12-16-23)27(31)28-19-25(30-17-5-6-18-30)24-7-3-4-8-26(24)34-2/h3-4,7-16,25,29H,5-6,17-19H2,1-2H3,(H,28,31)/t25-/m1/s1. The molecular formula is C27H31N3O4S. The zero-order valence-electron chi connectivity index (χ0n) is 20.0. The van der Waals surface area contributed by atoms with Crippen molar-refractivity contribution in [3.05, 3.63) is 89.5 Å². The van der Waals surface area contributed by atoms with Crippen molar-refractivity contribution in [2.45, 2.75) is 30.7 Å². The van der Waals surface area contributed by atoms with E-state index in [-0.39, 0.29) is 16.8 Å². The van der Waals surface area contributed by atoms with E-state index in [1.807, 2.05) is 43.3 Å². The summed E-state index contributed by atoms with van der Waals surface area (Å²) in [6.45, 7) is 4.30. The maximum atomic E-state index is 12.9. The molecule has 0 unspecified atom stereocenters. The zero-order valence-corrected chi connectivity index (χ0v) is 20.8. The van der Waals surface area contributed by atoms with Crippen LogP contribution in [0, 0.1) is 6.92 Å². The molecule has 1 atom stereocenters. The molecule has 0 spiro atoms. The van der Waals surface area contributed by atoms with Gasteiger partial charge >= 0.3 is 0 Å². The van der Waals surface area contributed by atoms with Gasteiger partial charge in [-0.3, -0.25) is 14.4 Å². The Morgan fingerprint density at radius 2 is 1.63 bits per heavy atom. The van der Waals surface area contributed by atoms with Crippen LogP contribution in [0.5, 0.6) is 5.75 Å². The molecule has 1 fully saturated rings. The first-order valence-electron chi connectivity index (χ1n) is 11.7. The first kappa shape index (κ1) is 24.8. The quantitative estimate of drug-likeness (QED) is 0.462. The van der Waals surface area contributed by atoms with Gasteiger partial charge in [-0.05, 0) is 75.3 Å². The second-order valence-electron chi connectivity index (χ2n) is 8.71. The van der Waals surface area contributed by atoms with Crippen LogP contribution in [0.15, 0.2) is 77.7 Å². The van der Waals surface area contributed by atoms with Gasteiger partial charge in [0.1, 0.15) is 5.75 Å². The maximum absolute atomic E-state index is 12.9. The molecule has 1 amide bonds. The van der Waals surface area contributed by atoms with Gasteiger partial charge in [0.15, 0.2) is 0 Å². The lowest BCUT2D eigenvalue weighted by Crippen LogP contribution is -2.37. The Morgan fingerprint density at radius 1 is 0.971 bits per heavy atom. The zero-order chi connectivity index (χ0) is 24.8. The summed E-state index contributed by atoms with van der Waals surface area (Å²) in [6, 6.07) is 21.0. The fourth-order valence-corrected chi connectivity index (χ4v) is 5.40. The van der Waals surface area contributed by atoms with Gasteiger partial charge < -0.3 is 10.1 Å². The molecule has 184 valence electrons. The Bertz CT molecular complexity index is 1250. The van der Waals surface area contributed by atoms with Crippen molar-refractivity contribution in [1.82, 2.24) is 10.2 Å². The molecule has 1 saturated heterocycles. The van der Waals surface area contributed by atoms with E-state index < -0.39 is 10.0 Å². The highest BCUT2D eigenvalue weighted by atomic mass is 32.2. The number of ether oxygens (including phenoxy) is 1. The summed E-state index contributed by atoms with van der Waals surface area (Å²) in [7, 11) is -2.10. The van der Waals surface area contributed by atoms with E-state index in [9.17, 15) is 13.2 Å². The van der Waals surface area contributed by atoms with Crippen LogP contribution >= 0.6 is 0 Å². The molecule has 2 N–H and O–H groups in total. The van der Waals surface area contributed by atoms with E-state index in [4.69, 9.17) is 4.74 Å². The highest BCUT2D eigenvalue weighted by Gasteiger charge is 2.26. The van der Waals surface area contributed by atoms with Crippen LogP contribution in [0.25, 0.3) is 0 Å². The van der Waals surface area contributed by atoms with Gasteiger partial charge in [0.05, 0.1) is 18.0 Å². The number of hydrogen-bond acceptors (Lipinski definition) is 5. The third kappa shape index (κ3) is 6.01. The number of hydrogen-bond donors (Lipinski definition) is 2. The molecule has 1 aliphatic rings. The monoisotopic (exact) mass is 493 g/mol. The van der Waals surface area contributed by atoms with Crippen LogP contribution in [-0.2, 0) is 10.0 Å². The molecule has 0 radical (unpaired) electrons. The van der Waals surface area contributed by atoms with E-state index >= 15 is 0 Å². The Morgan fingerprint density at radius 3 is 2.29 bits per heavy atom. The van der Waals surface area contributed by atoms with Crippen LogP contribution in [0.4, 0.5) is 5.69 Å². The van der Waals surface area contributed by atoms with Gasteiger partial charge in [0.25, 0.3) is 15.9 Å². The second kappa shape index (κ2) is 10.9. The van der Waals surface area contributed by atoms with E-state index in [0.717, 1.165) is 42.8 Å². The minimum Gasteiger partial charge on any atom is -0.496 e. The molecule has 0 aromatic heterocycles. The minimum atomic E-state index is -3.75. The van der Waals surface area contributed by atoms with Crippen molar-refractivity contribution in [1.29, 1.82) is 0 Å². The number of aryl methyl sites for hydroxylation is 1. The van der Waals surface area contributed by atoms with Crippen molar-refractivity contribution in [3.8, 4) is 5.75 Å². The highest BCUT2D eigenvalue weighted by Crippen LogP contribution is 2.31. The van der Waals surface area contributed by atoms with Gasteiger partial charge in [-0.25, -0.2) is 8.42 Å². The van der Waals surface area contributed by atoms with Crippen LogP contribution in [0.3, 0.4) is 0 Å². The third-order valence-corrected chi connectivity index (χ3v) is 7.66. The second-order valence-corrected chi connectivity index (χ2v) is 10.4. The Labute approximate surface area is 207 Å². The van der Waals surface area contributed by atoms with Gasteiger partial charge in [-0.15, -0.1) is 0 Å². The topological polar surface area (TPSA) is 87.7 Å². The molecule has 8 heteroatoms. The maximum Gasteiger partial charge on any atom is 0.261 e. The summed E-state index contributed by atoms with van der Waals surface area (Å²) < 4.78 is 33.6. The highest BCUT2D eigenvalue weighted by molar-refractivity contribution is 7.92. The molecule has 1 heterocycles. The number of likely N-dealkylation sites (tertiary alicyclic amines) is 1. The summed E-state index contributed by atoms with van der Waals surface area (Å²) in [5, 5.41) is 3.03. The number of sulfonamides is 1. The van der Waals surface area contributed by atoms with Gasteiger partial charge in [-0.2, -0.15) is 0 Å².